The van der Waals surface area contributed by atoms with E-state index < -0.39 is 5.97 Å². The topological polar surface area (TPSA) is 46.5 Å². The summed E-state index contributed by atoms with van der Waals surface area (Å²) in [6.07, 6.45) is 5.12. The summed E-state index contributed by atoms with van der Waals surface area (Å²) in [5.41, 5.74) is 1.10. The molecule has 0 heterocycles. The number of aryl methyl sites for hydroxylation is 1. The molecule has 1 aromatic carbocycles. The molecule has 2 rings (SSSR count). The van der Waals surface area contributed by atoms with E-state index in [1.807, 2.05) is 6.07 Å². The molecule has 0 aliphatic heterocycles. The first-order valence-corrected chi connectivity index (χ1v) is 7.03. The normalized spacial score (nSPS) is 23.1. The van der Waals surface area contributed by atoms with Gasteiger partial charge in [0.05, 0.1) is 12.2 Å². The van der Waals surface area contributed by atoms with Crippen molar-refractivity contribution in [1.82, 2.24) is 0 Å². The Bertz CT molecular complexity index is 453. The average molecular weight is 262 g/mol. The Hall–Kier alpha value is -1.51. The zero-order valence-electron chi connectivity index (χ0n) is 11.7. The van der Waals surface area contributed by atoms with Gasteiger partial charge in [0, 0.05) is 0 Å². The third-order valence-corrected chi connectivity index (χ3v) is 3.96. The lowest BCUT2D eigenvalue weighted by Gasteiger charge is -2.26. The molecule has 19 heavy (non-hydrogen) atoms. The van der Waals surface area contributed by atoms with Crippen LogP contribution in [0.25, 0.3) is 0 Å². The fraction of sp³-hybridized carbons (Fsp3) is 0.562. The maximum Gasteiger partial charge on any atom is 0.335 e. The van der Waals surface area contributed by atoms with E-state index in [4.69, 9.17) is 9.84 Å². The van der Waals surface area contributed by atoms with E-state index in [0.29, 0.717) is 11.5 Å². The molecule has 0 radical (unpaired) electrons. The van der Waals surface area contributed by atoms with Gasteiger partial charge in [0.25, 0.3) is 0 Å². The first kappa shape index (κ1) is 13.9. The minimum absolute atomic E-state index is 0.346. The predicted molar refractivity (Wildman–Crippen MR) is 74.8 cm³/mol. The minimum atomic E-state index is -0.884. The summed E-state index contributed by atoms with van der Waals surface area (Å²) < 4.78 is 5.82. The molecule has 1 N–H and O–H groups in total. The van der Waals surface area contributed by atoms with Gasteiger partial charge in [-0.25, -0.2) is 4.79 Å². The van der Waals surface area contributed by atoms with Crippen LogP contribution in [0.5, 0.6) is 5.75 Å². The zero-order valence-corrected chi connectivity index (χ0v) is 11.7. The third-order valence-electron chi connectivity index (χ3n) is 3.96. The van der Waals surface area contributed by atoms with Gasteiger partial charge in [0.2, 0.25) is 0 Å². The van der Waals surface area contributed by atoms with E-state index in [1.165, 1.54) is 25.7 Å². The molecule has 1 saturated carbocycles. The van der Waals surface area contributed by atoms with Gasteiger partial charge >= 0.3 is 5.97 Å². The van der Waals surface area contributed by atoms with Crippen LogP contribution >= 0.6 is 0 Å². The molecule has 1 fully saturated rings. The number of carboxylic acids is 1. The summed E-state index contributed by atoms with van der Waals surface area (Å²) in [5, 5.41) is 8.98. The smallest absolute Gasteiger partial charge is 0.335 e. The van der Waals surface area contributed by atoms with Crippen LogP contribution in [-0.4, -0.2) is 17.7 Å². The van der Waals surface area contributed by atoms with Crippen LogP contribution in [0.15, 0.2) is 18.2 Å². The molecule has 3 heteroatoms. The highest BCUT2D eigenvalue weighted by Crippen LogP contribution is 2.29. The number of ether oxygens (including phenoxy) is 1. The molecule has 0 spiro atoms. The van der Waals surface area contributed by atoms with E-state index in [9.17, 15) is 4.79 Å². The van der Waals surface area contributed by atoms with Crippen molar-refractivity contribution in [2.45, 2.75) is 39.5 Å². The maximum atomic E-state index is 10.9. The van der Waals surface area contributed by atoms with Crippen LogP contribution in [0.1, 0.15) is 48.5 Å². The number of carboxylic acid groups (broad SMARTS) is 1. The number of benzene rings is 1. The van der Waals surface area contributed by atoms with Crippen molar-refractivity contribution in [3.05, 3.63) is 29.3 Å². The van der Waals surface area contributed by atoms with Crippen LogP contribution < -0.4 is 4.74 Å². The average Bonchev–Trinajstić information content (AvgIpc) is 2.36. The van der Waals surface area contributed by atoms with Gasteiger partial charge in [-0.15, -0.1) is 0 Å². The first-order valence-electron chi connectivity index (χ1n) is 7.03. The Morgan fingerprint density at radius 2 is 2.21 bits per heavy atom. The van der Waals surface area contributed by atoms with Gasteiger partial charge in [-0.2, -0.15) is 0 Å². The highest BCUT2D eigenvalue weighted by atomic mass is 16.5. The minimum Gasteiger partial charge on any atom is -0.493 e. The Morgan fingerprint density at radius 3 is 2.84 bits per heavy atom. The molecule has 0 amide bonds. The summed E-state index contributed by atoms with van der Waals surface area (Å²) in [6.45, 7) is 4.85. The molecule has 2 unspecified atom stereocenters. The molecule has 1 aliphatic carbocycles. The molecule has 104 valence electrons. The summed E-state index contributed by atoms with van der Waals surface area (Å²) in [7, 11) is 0. The number of carbonyl (C=O) groups is 1. The van der Waals surface area contributed by atoms with Gasteiger partial charge in [-0.1, -0.05) is 19.8 Å². The van der Waals surface area contributed by atoms with E-state index in [1.54, 1.807) is 19.1 Å². The van der Waals surface area contributed by atoms with Crippen molar-refractivity contribution < 1.29 is 14.6 Å². The van der Waals surface area contributed by atoms with Gasteiger partial charge in [-0.3, -0.25) is 0 Å². The Balaban J connectivity index is 1.92. The van der Waals surface area contributed by atoms with Crippen molar-refractivity contribution in [2.75, 3.05) is 6.61 Å². The summed E-state index contributed by atoms with van der Waals surface area (Å²) >= 11 is 0. The summed E-state index contributed by atoms with van der Waals surface area (Å²) in [4.78, 5) is 10.9. The van der Waals surface area contributed by atoms with Crippen molar-refractivity contribution >= 4 is 5.97 Å². The Morgan fingerprint density at radius 1 is 1.42 bits per heavy atom. The molecule has 0 bridgehead atoms. The molecular weight excluding hydrogens is 240 g/mol. The Kier molecular flexibility index (Phi) is 4.46. The standard InChI is InChI=1S/C16H22O3/c1-11-4-3-5-13(8-11)10-19-14-6-7-15(16(17)18)12(2)9-14/h6-7,9,11,13H,3-5,8,10H2,1-2H3,(H,17,18). The van der Waals surface area contributed by atoms with E-state index >= 15 is 0 Å². The van der Waals surface area contributed by atoms with Gasteiger partial charge in [0.15, 0.2) is 0 Å². The van der Waals surface area contributed by atoms with Crippen LogP contribution in [0.3, 0.4) is 0 Å². The highest BCUT2D eigenvalue weighted by molar-refractivity contribution is 5.89. The van der Waals surface area contributed by atoms with Crippen LogP contribution in [0, 0.1) is 18.8 Å². The zero-order chi connectivity index (χ0) is 13.8. The van der Waals surface area contributed by atoms with E-state index in [-0.39, 0.29) is 0 Å². The predicted octanol–water partition coefficient (Wildman–Crippen LogP) is 3.90. The second kappa shape index (κ2) is 6.09. The van der Waals surface area contributed by atoms with Gasteiger partial charge in [0.1, 0.15) is 5.75 Å². The van der Waals surface area contributed by atoms with E-state index in [2.05, 4.69) is 6.92 Å². The molecule has 1 aromatic rings. The van der Waals surface area contributed by atoms with E-state index in [0.717, 1.165) is 23.8 Å². The fourth-order valence-corrected chi connectivity index (χ4v) is 2.89. The van der Waals surface area contributed by atoms with Crippen LogP contribution in [0.2, 0.25) is 0 Å². The number of hydrogen-bond acceptors (Lipinski definition) is 2. The van der Waals surface area contributed by atoms with Crippen molar-refractivity contribution in [2.24, 2.45) is 11.8 Å². The molecule has 2 atom stereocenters. The summed E-state index contributed by atoms with van der Waals surface area (Å²) in [5.74, 6) is 1.34. The summed E-state index contributed by atoms with van der Waals surface area (Å²) in [6, 6.07) is 5.19. The first-order chi connectivity index (χ1) is 9.06. The SMILES string of the molecule is Cc1cc(OCC2CCCC(C)C2)ccc1C(=O)O. The number of hydrogen-bond donors (Lipinski definition) is 1. The number of aromatic carboxylic acids is 1. The lowest BCUT2D eigenvalue weighted by atomic mass is 9.83. The molecule has 0 saturated heterocycles. The molecule has 0 aromatic heterocycles. The van der Waals surface area contributed by atoms with Crippen LogP contribution in [0.4, 0.5) is 0 Å². The van der Waals surface area contributed by atoms with Crippen LogP contribution in [-0.2, 0) is 0 Å². The maximum absolute atomic E-state index is 10.9. The van der Waals surface area contributed by atoms with Crippen molar-refractivity contribution in [3.63, 3.8) is 0 Å². The van der Waals surface area contributed by atoms with Crippen molar-refractivity contribution in [1.29, 1.82) is 0 Å². The van der Waals surface area contributed by atoms with Gasteiger partial charge in [-0.05, 0) is 55.4 Å². The molecule has 3 nitrogen and oxygen atoms in total. The second-order valence-electron chi connectivity index (χ2n) is 5.73. The largest absolute Gasteiger partial charge is 0.493 e. The molecular formula is C16H22O3. The Labute approximate surface area is 114 Å². The second-order valence-corrected chi connectivity index (χ2v) is 5.73. The van der Waals surface area contributed by atoms with Crippen molar-refractivity contribution in [3.8, 4) is 5.75 Å². The molecule has 1 aliphatic rings. The monoisotopic (exact) mass is 262 g/mol. The lowest BCUT2D eigenvalue weighted by Crippen LogP contribution is -2.19. The highest BCUT2D eigenvalue weighted by Gasteiger charge is 2.19. The van der Waals surface area contributed by atoms with Gasteiger partial charge < -0.3 is 9.84 Å². The number of rotatable bonds is 4. The fourth-order valence-electron chi connectivity index (χ4n) is 2.89. The quantitative estimate of drug-likeness (QED) is 0.895. The third kappa shape index (κ3) is 3.72. The lowest BCUT2D eigenvalue weighted by molar-refractivity contribution is 0.0696.